The molecule has 1 aliphatic heterocycles. The minimum Gasteiger partial charge on any atom is -0.392 e. The second-order valence-corrected chi connectivity index (χ2v) is 3.81. The number of carbonyl (C=O) groups excluding carboxylic acids is 3. The maximum Gasteiger partial charge on any atom is 0.334 e. The number of rotatable bonds is 4. The number of imide groups is 2. The Morgan fingerprint density at radius 3 is 1.50 bits per heavy atom. The van der Waals surface area contributed by atoms with Crippen LogP contribution in [0.2, 0.25) is 0 Å². The molecule has 2 N–H and O–H groups in total. The molecule has 0 aromatic rings. The van der Waals surface area contributed by atoms with Crippen molar-refractivity contribution in [3.63, 3.8) is 0 Å². The van der Waals surface area contributed by atoms with Gasteiger partial charge in [0.2, 0.25) is 0 Å². The Labute approximate surface area is 92.2 Å². The molecule has 7 nitrogen and oxygen atoms in total. The zero-order valence-corrected chi connectivity index (χ0v) is 9.08. The van der Waals surface area contributed by atoms with Gasteiger partial charge in [-0.2, -0.15) is 0 Å². The van der Waals surface area contributed by atoms with Gasteiger partial charge in [-0.15, -0.1) is 0 Å². The average molecular weight is 230 g/mol. The van der Waals surface area contributed by atoms with Gasteiger partial charge in [0, 0.05) is 0 Å². The largest absolute Gasteiger partial charge is 0.392 e. The maximum absolute atomic E-state index is 11.6. The number of aliphatic hydroxyl groups is 2. The van der Waals surface area contributed by atoms with E-state index in [-0.39, 0.29) is 13.1 Å². The number of hydrogen-bond donors (Lipinski definition) is 2. The minimum absolute atomic E-state index is 0.223. The lowest BCUT2D eigenvalue weighted by molar-refractivity contribution is -0.144. The van der Waals surface area contributed by atoms with E-state index in [1.165, 1.54) is 13.8 Å². The van der Waals surface area contributed by atoms with E-state index in [1.807, 2.05) is 0 Å². The highest BCUT2D eigenvalue weighted by atomic mass is 16.3. The number of β-amino-alcohol motifs (C(OH)–C–C–N with tert-alkyl or cyclic N) is 2. The standard InChI is InChI=1S/C9H14N2O5/c1-5(12)3-10-7(14)8(15)11(9(10)16)4-6(2)13/h5-6,12-13H,3-4H2,1-2H3. The third-order valence-electron chi connectivity index (χ3n) is 2.03. The molecule has 2 unspecified atom stereocenters. The Kier molecular flexibility index (Phi) is 3.61. The molecule has 1 fully saturated rings. The molecular formula is C9H14N2O5. The van der Waals surface area contributed by atoms with E-state index >= 15 is 0 Å². The van der Waals surface area contributed by atoms with Crippen molar-refractivity contribution in [3.05, 3.63) is 0 Å². The van der Waals surface area contributed by atoms with E-state index in [1.54, 1.807) is 0 Å². The SMILES string of the molecule is CC(O)CN1C(=O)C(=O)N(CC(C)O)C1=O. The fourth-order valence-electron chi connectivity index (χ4n) is 1.40. The van der Waals surface area contributed by atoms with Gasteiger partial charge >= 0.3 is 17.8 Å². The Balaban J connectivity index is 2.82. The normalized spacial score (nSPS) is 20.6. The van der Waals surface area contributed by atoms with E-state index in [0.29, 0.717) is 9.80 Å². The lowest BCUT2D eigenvalue weighted by atomic mass is 10.4. The third-order valence-corrected chi connectivity index (χ3v) is 2.03. The summed E-state index contributed by atoms with van der Waals surface area (Å²) in [5, 5.41) is 18.2. The van der Waals surface area contributed by atoms with Gasteiger partial charge in [-0.3, -0.25) is 19.4 Å². The van der Waals surface area contributed by atoms with Crippen molar-refractivity contribution in [2.45, 2.75) is 26.1 Å². The van der Waals surface area contributed by atoms with Crippen molar-refractivity contribution in [2.24, 2.45) is 0 Å². The number of carbonyl (C=O) groups is 3. The molecule has 1 saturated heterocycles. The number of urea groups is 1. The second-order valence-electron chi connectivity index (χ2n) is 3.81. The highest BCUT2D eigenvalue weighted by Gasteiger charge is 2.44. The van der Waals surface area contributed by atoms with Crippen LogP contribution in [0, 0.1) is 0 Å². The third kappa shape index (κ3) is 2.37. The van der Waals surface area contributed by atoms with Gasteiger partial charge in [-0.05, 0) is 13.8 Å². The molecule has 1 heterocycles. The van der Waals surface area contributed by atoms with Crippen molar-refractivity contribution >= 4 is 17.8 Å². The smallest absolute Gasteiger partial charge is 0.334 e. The molecule has 0 radical (unpaired) electrons. The molecule has 0 aliphatic carbocycles. The summed E-state index contributed by atoms with van der Waals surface area (Å²) in [5.41, 5.74) is 0. The van der Waals surface area contributed by atoms with Gasteiger partial charge < -0.3 is 10.2 Å². The second kappa shape index (κ2) is 4.58. The van der Waals surface area contributed by atoms with Gasteiger partial charge in [0.1, 0.15) is 0 Å². The highest BCUT2D eigenvalue weighted by molar-refractivity contribution is 6.44. The molecule has 2 atom stereocenters. The van der Waals surface area contributed by atoms with E-state index < -0.39 is 30.1 Å². The first-order chi connectivity index (χ1) is 7.34. The molecular weight excluding hydrogens is 216 g/mol. The number of amides is 4. The van der Waals surface area contributed by atoms with Crippen LogP contribution >= 0.6 is 0 Å². The van der Waals surface area contributed by atoms with E-state index in [4.69, 9.17) is 10.2 Å². The average Bonchev–Trinajstić information content (AvgIpc) is 2.34. The summed E-state index contributed by atoms with van der Waals surface area (Å²) in [6.07, 6.45) is -1.79. The molecule has 0 aromatic heterocycles. The summed E-state index contributed by atoms with van der Waals surface area (Å²) in [6.45, 7) is 2.37. The van der Waals surface area contributed by atoms with Crippen molar-refractivity contribution in [2.75, 3.05) is 13.1 Å². The summed E-state index contributed by atoms with van der Waals surface area (Å²) < 4.78 is 0. The van der Waals surface area contributed by atoms with Crippen LogP contribution in [-0.4, -0.2) is 63.2 Å². The molecule has 7 heteroatoms. The van der Waals surface area contributed by atoms with Crippen LogP contribution in [0.4, 0.5) is 4.79 Å². The van der Waals surface area contributed by atoms with Crippen LogP contribution in [0.15, 0.2) is 0 Å². The summed E-state index contributed by atoms with van der Waals surface area (Å²) in [4.78, 5) is 35.7. The van der Waals surface area contributed by atoms with Gasteiger partial charge in [-0.25, -0.2) is 4.79 Å². The van der Waals surface area contributed by atoms with Gasteiger partial charge in [0.25, 0.3) is 0 Å². The Morgan fingerprint density at radius 1 is 0.938 bits per heavy atom. The molecule has 0 bridgehead atoms. The van der Waals surface area contributed by atoms with Crippen LogP contribution in [0.25, 0.3) is 0 Å². The van der Waals surface area contributed by atoms with Crippen LogP contribution < -0.4 is 0 Å². The molecule has 90 valence electrons. The van der Waals surface area contributed by atoms with Crippen LogP contribution in [0.5, 0.6) is 0 Å². The first-order valence-corrected chi connectivity index (χ1v) is 4.88. The molecule has 1 rings (SSSR count). The Hall–Kier alpha value is -1.47. The van der Waals surface area contributed by atoms with Crippen LogP contribution in [0.3, 0.4) is 0 Å². The van der Waals surface area contributed by atoms with E-state index in [2.05, 4.69) is 0 Å². The predicted molar refractivity (Wildman–Crippen MR) is 52.2 cm³/mol. The highest BCUT2D eigenvalue weighted by Crippen LogP contribution is 2.12. The van der Waals surface area contributed by atoms with Gasteiger partial charge in [0.05, 0.1) is 25.3 Å². The van der Waals surface area contributed by atoms with E-state index in [0.717, 1.165) is 0 Å². The fraction of sp³-hybridized carbons (Fsp3) is 0.667. The number of aliphatic hydroxyl groups excluding tert-OH is 2. The monoisotopic (exact) mass is 230 g/mol. The van der Waals surface area contributed by atoms with Crippen molar-refractivity contribution in [1.29, 1.82) is 0 Å². The van der Waals surface area contributed by atoms with Crippen LogP contribution in [-0.2, 0) is 9.59 Å². The lowest BCUT2D eigenvalue weighted by Gasteiger charge is -2.17. The zero-order valence-electron chi connectivity index (χ0n) is 9.08. The maximum atomic E-state index is 11.6. The Bertz CT molecular complexity index is 296. The van der Waals surface area contributed by atoms with Crippen molar-refractivity contribution < 1.29 is 24.6 Å². The van der Waals surface area contributed by atoms with Gasteiger partial charge in [-0.1, -0.05) is 0 Å². The number of nitrogens with zero attached hydrogens (tertiary/aromatic N) is 2. The molecule has 1 aliphatic rings. The lowest BCUT2D eigenvalue weighted by Crippen LogP contribution is -2.39. The summed E-state index contributed by atoms with van der Waals surface area (Å²) in [6, 6.07) is -0.795. The van der Waals surface area contributed by atoms with Gasteiger partial charge in [0.15, 0.2) is 0 Å². The quantitative estimate of drug-likeness (QED) is 0.454. The topological polar surface area (TPSA) is 98.2 Å². The molecule has 16 heavy (non-hydrogen) atoms. The molecule has 4 amide bonds. The van der Waals surface area contributed by atoms with Crippen molar-refractivity contribution in [1.82, 2.24) is 9.80 Å². The summed E-state index contributed by atoms with van der Waals surface area (Å²) >= 11 is 0. The molecule has 0 aromatic carbocycles. The molecule has 0 spiro atoms. The fourth-order valence-corrected chi connectivity index (χ4v) is 1.40. The summed E-state index contributed by atoms with van der Waals surface area (Å²) in [5.74, 6) is -1.93. The summed E-state index contributed by atoms with van der Waals surface area (Å²) in [7, 11) is 0. The van der Waals surface area contributed by atoms with E-state index in [9.17, 15) is 14.4 Å². The molecule has 0 saturated carbocycles. The minimum atomic E-state index is -0.966. The van der Waals surface area contributed by atoms with Crippen LogP contribution in [0.1, 0.15) is 13.8 Å². The number of hydrogen-bond acceptors (Lipinski definition) is 5. The Morgan fingerprint density at radius 2 is 1.25 bits per heavy atom. The zero-order chi connectivity index (χ0) is 12.5. The van der Waals surface area contributed by atoms with Crippen molar-refractivity contribution in [3.8, 4) is 0 Å². The first kappa shape index (κ1) is 12.6. The first-order valence-electron chi connectivity index (χ1n) is 4.88. The predicted octanol–water partition coefficient (Wildman–Crippen LogP) is -1.46.